The van der Waals surface area contributed by atoms with Crippen molar-refractivity contribution in [2.24, 2.45) is 4.99 Å². The zero-order chi connectivity index (χ0) is 28.5. The van der Waals surface area contributed by atoms with E-state index >= 15 is 0 Å². The summed E-state index contributed by atoms with van der Waals surface area (Å²) in [6.45, 7) is 3.86. The Labute approximate surface area is 254 Å². The first-order valence-corrected chi connectivity index (χ1v) is 15.8. The zero-order valence-corrected chi connectivity index (χ0v) is 25.8. The summed E-state index contributed by atoms with van der Waals surface area (Å²) in [5.74, 6) is -0.0179. The molecule has 206 valence electrons. The van der Waals surface area contributed by atoms with Crippen molar-refractivity contribution < 1.29 is 13.9 Å². The molecule has 41 heavy (non-hydrogen) atoms. The van der Waals surface area contributed by atoms with E-state index in [9.17, 15) is 9.59 Å². The van der Waals surface area contributed by atoms with Crippen molar-refractivity contribution in [2.45, 2.75) is 30.1 Å². The number of esters is 1. The summed E-state index contributed by atoms with van der Waals surface area (Å²) < 4.78 is 14.3. The number of aromatic nitrogens is 3. The number of nitrogens with zero attached hydrogens (tertiary/aromatic N) is 4. The van der Waals surface area contributed by atoms with Crippen molar-refractivity contribution in [1.29, 1.82) is 0 Å². The van der Waals surface area contributed by atoms with Crippen LogP contribution in [0.5, 0.6) is 0 Å². The molecule has 1 aromatic carbocycles. The predicted molar refractivity (Wildman–Crippen MR) is 163 cm³/mol. The number of fused-ring (bicyclic) bond motifs is 1. The van der Waals surface area contributed by atoms with Crippen LogP contribution in [-0.4, -0.2) is 27.1 Å². The Balaban J connectivity index is 1.50. The third-order valence-corrected chi connectivity index (χ3v) is 9.72. The summed E-state index contributed by atoms with van der Waals surface area (Å²) >= 11 is 7.54. The van der Waals surface area contributed by atoms with Crippen LogP contribution in [0.2, 0.25) is 0 Å². The van der Waals surface area contributed by atoms with Gasteiger partial charge in [-0.2, -0.15) is 0 Å². The fourth-order valence-electron chi connectivity index (χ4n) is 4.35. The van der Waals surface area contributed by atoms with Gasteiger partial charge in [0.05, 0.1) is 26.9 Å². The first-order chi connectivity index (χ1) is 19.9. The molecule has 5 aromatic rings. The first-order valence-electron chi connectivity index (χ1n) is 12.5. The summed E-state index contributed by atoms with van der Waals surface area (Å²) in [7, 11) is 0. The molecule has 12 heteroatoms. The van der Waals surface area contributed by atoms with Gasteiger partial charge in [-0.1, -0.05) is 47.7 Å². The number of thiophene rings is 1. The van der Waals surface area contributed by atoms with Gasteiger partial charge < -0.3 is 9.15 Å². The van der Waals surface area contributed by atoms with E-state index in [1.54, 1.807) is 29.8 Å². The second-order valence-electron chi connectivity index (χ2n) is 8.81. The molecule has 0 spiro atoms. The number of halogens is 1. The highest BCUT2D eigenvalue weighted by molar-refractivity contribution is 9.10. The van der Waals surface area contributed by atoms with E-state index in [0.717, 1.165) is 20.6 Å². The number of ether oxygens (including phenoxy) is 1. The van der Waals surface area contributed by atoms with Crippen molar-refractivity contribution in [3.8, 4) is 0 Å². The van der Waals surface area contributed by atoms with E-state index in [-0.39, 0.29) is 12.2 Å². The minimum absolute atomic E-state index is 0.202. The van der Waals surface area contributed by atoms with E-state index in [1.807, 2.05) is 60.8 Å². The van der Waals surface area contributed by atoms with Crippen molar-refractivity contribution in [2.75, 3.05) is 6.61 Å². The van der Waals surface area contributed by atoms with Gasteiger partial charge in [-0.25, -0.2) is 19.8 Å². The third-order valence-electron chi connectivity index (χ3n) is 6.09. The highest BCUT2D eigenvalue weighted by Gasteiger charge is 2.35. The van der Waals surface area contributed by atoms with E-state index in [0.29, 0.717) is 36.6 Å². The van der Waals surface area contributed by atoms with Gasteiger partial charge in [-0.05, 0) is 65.1 Å². The molecule has 0 aliphatic carbocycles. The third kappa shape index (κ3) is 5.52. The van der Waals surface area contributed by atoms with Crippen molar-refractivity contribution >= 4 is 68.1 Å². The second-order valence-corrected chi connectivity index (χ2v) is 12.6. The standard InChI is InChI=1S/C29H21BrN4O4S3/c1-3-37-26(36)22-23(17-8-5-4-6-9-17)33-29-34(24(22)20-10-7-13-39-20)25(35)21(40-29)15-18-14-19(30)27(38-18)41-28-31-12-11-16(2)32-28/h4-15,24H,3H2,1-2H3/b21-15+/t24-/m1/s1. The SMILES string of the molecule is CCOC(=O)C1=C(c2ccccc2)N=c2s/c(=C/c3cc(Br)c(Sc4nccc(C)n4)o3)c(=O)n2[C@@H]1c1cccs1. The summed E-state index contributed by atoms with van der Waals surface area (Å²) in [5.41, 5.74) is 2.17. The van der Waals surface area contributed by atoms with Gasteiger partial charge in [0, 0.05) is 28.4 Å². The van der Waals surface area contributed by atoms with Gasteiger partial charge in [0.25, 0.3) is 5.56 Å². The number of furan rings is 1. The topological polar surface area (TPSA) is 99.6 Å². The van der Waals surface area contributed by atoms with Crippen LogP contribution in [0.25, 0.3) is 11.8 Å². The zero-order valence-electron chi connectivity index (χ0n) is 21.7. The number of benzene rings is 1. The summed E-state index contributed by atoms with van der Waals surface area (Å²) in [6.07, 6.45) is 3.39. The molecule has 8 nitrogen and oxygen atoms in total. The molecule has 0 bridgehead atoms. The second kappa shape index (κ2) is 11.7. The van der Waals surface area contributed by atoms with Crippen LogP contribution in [-0.2, 0) is 9.53 Å². The van der Waals surface area contributed by atoms with Gasteiger partial charge in [0.15, 0.2) is 15.1 Å². The van der Waals surface area contributed by atoms with Crippen LogP contribution in [0, 0.1) is 6.92 Å². The molecule has 0 radical (unpaired) electrons. The van der Waals surface area contributed by atoms with Crippen LogP contribution >= 0.6 is 50.4 Å². The van der Waals surface area contributed by atoms with Crippen molar-refractivity contribution in [3.63, 3.8) is 0 Å². The minimum Gasteiger partial charge on any atom is -0.463 e. The van der Waals surface area contributed by atoms with Crippen molar-refractivity contribution in [3.05, 3.63) is 118 Å². The largest absolute Gasteiger partial charge is 0.463 e. The molecule has 0 saturated heterocycles. The first kappa shape index (κ1) is 27.6. The maximum Gasteiger partial charge on any atom is 0.338 e. The number of carbonyl (C=O) groups excluding carboxylic acids is 1. The van der Waals surface area contributed by atoms with E-state index < -0.39 is 12.0 Å². The maximum atomic E-state index is 13.9. The number of carbonyl (C=O) groups is 1. The Morgan fingerprint density at radius 3 is 2.78 bits per heavy atom. The van der Waals surface area contributed by atoms with Gasteiger partial charge in [0.2, 0.25) is 0 Å². The molecule has 0 unspecified atom stereocenters. The fraction of sp³-hybridized carbons (Fsp3) is 0.138. The lowest BCUT2D eigenvalue weighted by molar-refractivity contribution is -0.138. The van der Waals surface area contributed by atoms with Gasteiger partial charge >= 0.3 is 5.97 Å². The van der Waals surface area contributed by atoms with Gasteiger partial charge in [0.1, 0.15) is 11.8 Å². The van der Waals surface area contributed by atoms with E-state index in [1.165, 1.54) is 34.4 Å². The smallest absolute Gasteiger partial charge is 0.338 e. The molecule has 4 aromatic heterocycles. The highest BCUT2D eigenvalue weighted by Crippen LogP contribution is 2.37. The van der Waals surface area contributed by atoms with Crippen LogP contribution in [0.3, 0.4) is 0 Å². The van der Waals surface area contributed by atoms with Crippen LogP contribution in [0.1, 0.15) is 34.9 Å². The lowest BCUT2D eigenvalue weighted by Gasteiger charge is -2.24. The Morgan fingerprint density at radius 2 is 2.05 bits per heavy atom. The summed E-state index contributed by atoms with van der Waals surface area (Å²) in [5, 5.41) is 3.05. The molecular weight excluding hydrogens is 644 g/mol. The Hall–Kier alpha value is -3.58. The normalized spacial score (nSPS) is 15.1. The number of aryl methyl sites for hydroxylation is 1. The van der Waals surface area contributed by atoms with E-state index in [2.05, 4.69) is 25.9 Å². The lowest BCUT2D eigenvalue weighted by atomic mass is 9.97. The number of hydrogen-bond acceptors (Lipinski definition) is 10. The van der Waals surface area contributed by atoms with Gasteiger partial charge in [-0.3, -0.25) is 9.36 Å². The molecule has 0 N–H and O–H groups in total. The maximum absolute atomic E-state index is 13.9. The van der Waals surface area contributed by atoms with Crippen molar-refractivity contribution in [1.82, 2.24) is 14.5 Å². The predicted octanol–water partition coefficient (Wildman–Crippen LogP) is 5.60. The Morgan fingerprint density at radius 1 is 1.22 bits per heavy atom. The quantitative estimate of drug-likeness (QED) is 0.165. The molecule has 6 rings (SSSR count). The Bertz CT molecular complexity index is 1960. The van der Waals surface area contributed by atoms with Gasteiger partial charge in [-0.15, -0.1) is 11.3 Å². The molecule has 5 heterocycles. The molecule has 1 atom stereocenters. The average Bonchev–Trinajstić information content (AvgIpc) is 3.69. The molecule has 0 fully saturated rings. The van der Waals surface area contributed by atoms with Crippen LogP contribution in [0.15, 0.2) is 101 Å². The molecule has 1 aliphatic rings. The Kier molecular flexibility index (Phi) is 7.89. The monoisotopic (exact) mass is 664 g/mol. The number of thiazole rings is 1. The number of rotatable bonds is 7. The molecular formula is C29H21BrN4O4S3. The molecule has 0 saturated carbocycles. The molecule has 1 aliphatic heterocycles. The van der Waals surface area contributed by atoms with Crippen LogP contribution in [0.4, 0.5) is 0 Å². The fourth-order valence-corrected chi connectivity index (χ4v) is 7.47. The average molecular weight is 666 g/mol. The summed E-state index contributed by atoms with van der Waals surface area (Å²) in [4.78, 5) is 42.2. The lowest BCUT2D eigenvalue weighted by Crippen LogP contribution is -2.39. The summed E-state index contributed by atoms with van der Waals surface area (Å²) in [6, 6.07) is 16.2. The minimum atomic E-state index is -0.685. The van der Waals surface area contributed by atoms with E-state index in [4.69, 9.17) is 14.1 Å². The van der Waals surface area contributed by atoms with Crippen LogP contribution < -0.4 is 14.9 Å². The highest BCUT2D eigenvalue weighted by atomic mass is 79.9. The molecule has 0 amide bonds. The number of hydrogen-bond donors (Lipinski definition) is 0.